The molecule has 164 valence electrons. The maximum atomic E-state index is 12.7. The van der Waals surface area contributed by atoms with Crippen LogP contribution in [-0.2, 0) is 11.2 Å². The molecule has 0 N–H and O–H groups in total. The molecule has 2 aliphatic rings. The second-order valence-corrected chi connectivity index (χ2v) is 9.15. The molecule has 0 saturated carbocycles. The lowest BCUT2D eigenvalue weighted by Crippen LogP contribution is -2.40. The van der Waals surface area contributed by atoms with Crippen molar-refractivity contribution in [2.45, 2.75) is 44.9 Å². The van der Waals surface area contributed by atoms with Crippen LogP contribution < -0.4 is 0 Å². The molecule has 4 nitrogen and oxygen atoms in total. The smallest absolute Gasteiger partial charge is 0.253 e. The summed E-state index contributed by atoms with van der Waals surface area (Å²) in [6.45, 7) is 3.41. The third-order valence-electron chi connectivity index (χ3n) is 7.02. The Morgan fingerprint density at radius 1 is 0.710 bits per heavy atom. The van der Waals surface area contributed by atoms with E-state index in [9.17, 15) is 9.59 Å². The Hall–Kier alpha value is -2.62. The summed E-state index contributed by atoms with van der Waals surface area (Å²) < 4.78 is 0. The molecule has 2 amide bonds. The van der Waals surface area contributed by atoms with E-state index in [2.05, 4.69) is 35.2 Å². The average Bonchev–Trinajstić information content (AvgIpc) is 2.84. The standard InChI is InChI=1S/C27H34N2O2/c30-26(28-17-15-24(16-18-28)21-23-7-3-1-4-8-23)12-11-22-13-19-29(20-14-22)27(31)25-9-5-2-6-10-25/h1-10,22,24H,11-21H2. The number of rotatable bonds is 6. The van der Waals surface area contributed by atoms with Crippen molar-refractivity contribution in [3.05, 3.63) is 71.8 Å². The van der Waals surface area contributed by atoms with E-state index in [1.165, 1.54) is 5.56 Å². The summed E-state index contributed by atoms with van der Waals surface area (Å²) in [6, 6.07) is 20.2. The van der Waals surface area contributed by atoms with E-state index in [0.29, 0.717) is 24.2 Å². The molecule has 0 bridgehead atoms. The van der Waals surface area contributed by atoms with Gasteiger partial charge >= 0.3 is 0 Å². The first-order chi connectivity index (χ1) is 15.2. The average molecular weight is 419 g/mol. The minimum absolute atomic E-state index is 0.133. The van der Waals surface area contributed by atoms with Gasteiger partial charge in [0.15, 0.2) is 0 Å². The molecule has 2 fully saturated rings. The van der Waals surface area contributed by atoms with E-state index in [0.717, 1.165) is 70.3 Å². The lowest BCUT2D eigenvalue weighted by Gasteiger charge is -2.34. The molecule has 2 aromatic carbocycles. The molecule has 4 heteroatoms. The van der Waals surface area contributed by atoms with Crippen molar-refractivity contribution < 1.29 is 9.59 Å². The number of carbonyl (C=O) groups is 2. The number of amides is 2. The first kappa shape index (κ1) is 21.6. The van der Waals surface area contributed by atoms with Crippen LogP contribution in [0, 0.1) is 11.8 Å². The molecule has 31 heavy (non-hydrogen) atoms. The van der Waals surface area contributed by atoms with Gasteiger partial charge in [-0.25, -0.2) is 0 Å². The number of carbonyl (C=O) groups excluding carboxylic acids is 2. The minimum Gasteiger partial charge on any atom is -0.343 e. The Kier molecular flexibility index (Phi) is 7.39. The summed E-state index contributed by atoms with van der Waals surface area (Å²) in [5.41, 5.74) is 2.18. The molecule has 2 heterocycles. The van der Waals surface area contributed by atoms with Crippen LogP contribution in [0.4, 0.5) is 0 Å². The van der Waals surface area contributed by atoms with Gasteiger partial charge in [0.25, 0.3) is 5.91 Å². The van der Waals surface area contributed by atoms with Crippen molar-refractivity contribution >= 4 is 11.8 Å². The Morgan fingerprint density at radius 2 is 1.26 bits per heavy atom. The maximum absolute atomic E-state index is 12.7. The van der Waals surface area contributed by atoms with Gasteiger partial charge in [-0.15, -0.1) is 0 Å². The molecule has 2 aromatic rings. The number of piperidine rings is 2. The van der Waals surface area contributed by atoms with Gasteiger partial charge in [0.1, 0.15) is 0 Å². The second-order valence-electron chi connectivity index (χ2n) is 9.15. The highest BCUT2D eigenvalue weighted by atomic mass is 16.2. The quantitative estimate of drug-likeness (QED) is 0.676. The van der Waals surface area contributed by atoms with E-state index in [1.807, 2.05) is 35.2 Å². The molecule has 2 saturated heterocycles. The highest BCUT2D eigenvalue weighted by Crippen LogP contribution is 2.25. The largest absolute Gasteiger partial charge is 0.343 e. The van der Waals surface area contributed by atoms with Crippen LogP contribution in [0.5, 0.6) is 0 Å². The zero-order valence-corrected chi connectivity index (χ0v) is 18.4. The fourth-order valence-corrected chi connectivity index (χ4v) is 5.01. The van der Waals surface area contributed by atoms with Crippen LogP contribution in [0.1, 0.15) is 54.4 Å². The van der Waals surface area contributed by atoms with Gasteiger partial charge in [-0.1, -0.05) is 48.5 Å². The van der Waals surface area contributed by atoms with Crippen molar-refractivity contribution in [3.8, 4) is 0 Å². The fraction of sp³-hybridized carbons (Fsp3) is 0.481. The molecule has 0 unspecified atom stereocenters. The molecule has 0 atom stereocenters. The highest BCUT2D eigenvalue weighted by molar-refractivity contribution is 5.94. The van der Waals surface area contributed by atoms with Gasteiger partial charge < -0.3 is 9.80 Å². The predicted molar refractivity (Wildman–Crippen MR) is 124 cm³/mol. The van der Waals surface area contributed by atoms with Gasteiger partial charge in [0.05, 0.1) is 0 Å². The van der Waals surface area contributed by atoms with Crippen molar-refractivity contribution in [2.75, 3.05) is 26.2 Å². The SMILES string of the molecule is O=C(CCC1CCN(C(=O)c2ccccc2)CC1)N1CCC(Cc2ccccc2)CC1. The van der Waals surface area contributed by atoms with Gasteiger partial charge in [-0.05, 0) is 68.1 Å². The third kappa shape index (κ3) is 5.96. The Labute approximate surface area is 186 Å². The van der Waals surface area contributed by atoms with E-state index >= 15 is 0 Å². The third-order valence-corrected chi connectivity index (χ3v) is 7.02. The fourth-order valence-electron chi connectivity index (χ4n) is 5.01. The molecule has 0 spiro atoms. The number of hydrogen-bond donors (Lipinski definition) is 0. The van der Waals surface area contributed by atoms with Gasteiger partial charge in [0, 0.05) is 38.2 Å². The molecule has 0 aromatic heterocycles. The molecule has 4 rings (SSSR count). The van der Waals surface area contributed by atoms with Crippen molar-refractivity contribution in [1.82, 2.24) is 9.80 Å². The molecule has 0 aliphatic carbocycles. The first-order valence-corrected chi connectivity index (χ1v) is 11.8. The van der Waals surface area contributed by atoms with E-state index in [-0.39, 0.29) is 5.91 Å². The van der Waals surface area contributed by atoms with Crippen molar-refractivity contribution in [1.29, 1.82) is 0 Å². The van der Waals surface area contributed by atoms with Crippen LogP contribution in [0.3, 0.4) is 0 Å². The first-order valence-electron chi connectivity index (χ1n) is 11.8. The summed E-state index contributed by atoms with van der Waals surface area (Å²) in [6.07, 6.45) is 6.97. The number of nitrogens with zero attached hydrogens (tertiary/aromatic N) is 2. The summed E-state index contributed by atoms with van der Waals surface area (Å²) in [4.78, 5) is 29.4. The zero-order chi connectivity index (χ0) is 21.5. The maximum Gasteiger partial charge on any atom is 0.253 e. The zero-order valence-electron chi connectivity index (χ0n) is 18.4. The van der Waals surface area contributed by atoms with E-state index < -0.39 is 0 Å². The highest BCUT2D eigenvalue weighted by Gasteiger charge is 2.26. The molecule has 2 aliphatic heterocycles. The molecular weight excluding hydrogens is 384 g/mol. The Morgan fingerprint density at radius 3 is 1.90 bits per heavy atom. The van der Waals surface area contributed by atoms with Crippen LogP contribution in [0.25, 0.3) is 0 Å². The summed E-state index contributed by atoms with van der Waals surface area (Å²) in [5.74, 6) is 1.70. The summed E-state index contributed by atoms with van der Waals surface area (Å²) in [7, 11) is 0. The van der Waals surface area contributed by atoms with Gasteiger partial charge in [-0.3, -0.25) is 9.59 Å². The molecule has 0 radical (unpaired) electrons. The Bertz CT molecular complexity index is 836. The predicted octanol–water partition coefficient (Wildman–Crippen LogP) is 4.80. The van der Waals surface area contributed by atoms with Crippen LogP contribution in [0.2, 0.25) is 0 Å². The molecular formula is C27H34N2O2. The summed E-state index contributed by atoms with van der Waals surface area (Å²) >= 11 is 0. The summed E-state index contributed by atoms with van der Waals surface area (Å²) in [5, 5.41) is 0. The monoisotopic (exact) mass is 418 g/mol. The number of benzene rings is 2. The van der Waals surface area contributed by atoms with Crippen LogP contribution in [0.15, 0.2) is 60.7 Å². The normalized spacial score (nSPS) is 18.2. The van der Waals surface area contributed by atoms with Gasteiger partial charge in [-0.2, -0.15) is 0 Å². The van der Waals surface area contributed by atoms with E-state index in [1.54, 1.807) is 0 Å². The lowest BCUT2D eigenvalue weighted by molar-refractivity contribution is -0.133. The van der Waals surface area contributed by atoms with E-state index in [4.69, 9.17) is 0 Å². The topological polar surface area (TPSA) is 40.6 Å². The van der Waals surface area contributed by atoms with Crippen molar-refractivity contribution in [3.63, 3.8) is 0 Å². The van der Waals surface area contributed by atoms with Crippen LogP contribution in [-0.4, -0.2) is 47.8 Å². The lowest BCUT2D eigenvalue weighted by atomic mass is 9.89. The number of hydrogen-bond acceptors (Lipinski definition) is 2. The van der Waals surface area contributed by atoms with Gasteiger partial charge in [0.2, 0.25) is 5.91 Å². The Balaban J connectivity index is 1.15. The number of likely N-dealkylation sites (tertiary alicyclic amines) is 2. The van der Waals surface area contributed by atoms with Crippen molar-refractivity contribution in [2.24, 2.45) is 11.8 Å². The second kappa shape index (κ2) is 10.6. The minimum atomic E-state index is 0.133. The van der Waals surface area contributed by atoms with Crippen LogP contribution >= 0.6 is 0 Å².